The summed E-state index contributed by atoms with van der Waals surface area (Å²) in [5.41, 5.74) is 0.520. The van der Waals surface area contributed by atoms with Gasteiger partial charge in [0, 0.05) is 18.8 Å². The average Bonchev–Trinajstić information content (AvgIpc) is 2.97. The van der Waals surface area contributed by atoms with Crippen LogP contribution in [0.3, 0.4) is 0 Å². The number of hydrogen-bond donors (Lipinski definition) is 1. The Morgan fingerprint density at radius 3 is 1.90 bits per heavy atom. The molecule has 4 aliphatic carbocycles. The van der Waals surface area contributed by atoms with Crippen molar-refractivity contribution in [2.24, 2.45) is 23.2 Å². The SMILES string of the molecule is O=C(Nc1ccc(S(=O)(=O)N2CCCCCC2)cc1)C12CC3CC(CC(C3)C1)C2. The van der Waals surface area contributed by atoms with Crippen molar-refractivity contribution in [1.82, 2.24) is 4.31 Å². The topological polar surface area (TPSA) is 66.5 Å². The van der Waals surface area contributed by atoms with Crippen molar-refractivity contribution in [2.75, 3.05) is 18.4 Å². The number of sulfonamides is 1. The zero-order chi connectivity index (χ0) is 20.1. The molecule has 1 aromatic carbocycles. The summed E-state index contributed by atoms with van der Waals surface area (Å²) in [6.07, 6.45) is 11.1. The van der Waals surface area contributed by atoms with E-state index in [-0.39, 0.29) is 11.3 Å². The van der Waals surface area contributed by atoms with Crippen LogP contribution in [-0.2, 0) is 14.8 Å². The van der Waals surface area contributed by atoms with Gasteiger partial charge in [-0.25, -0.2) is 8.42 Å². The minimum atomic E-state index is -3.45. The number of carbonyl (C=O) groups excluding carboxylic acids is 1. The molecule has 158 valence electrons. The van der Waals surface area contributed by atoms with Crippen molar-refractivity contribution in [2.45, 2.75) is 69.1 Å². The minimum absolute atomic E-state index is 0.153. The number of carbonyl (C=O) groups is 1. The van der Waals surface area contributed by atoms with Gasteiger partial charge in [0.15, 0.2) is 0 Å². The highest BCUT2D eigenvalue weighted by Gasteiger charge is 2.54. The summed E-state index contributed by atoms with van der Waals surface area (Å²) in [6.45, 7) is 1.21. The lowest BCUT2D eigenvalue weighted by Gasteiger charge is -2.55. The van der Waals surface area contributed by atoms with Crippen LogP contribution in [-0.4, -0.2) is 31.7 Å². The Morgan fingerprint density at radius 1 is 0.862 bits per heavy atom. The number of benzene rings is 1. The Kier molecular flexibility index (Phi) is 4.98. The molecule has 4 saturated carbocycles. The predicted octanol–water partition coefficient (Wildman–Crippen LogP) is 4.41. The van der Waals surface area contributed by atoms with Crippen molar-refractivity contribution < 1.29 is 13.2 Å². The molecular weight excluding hydrogens is 384 g/mol. The van der Waals surface area contributed by atoms with E-state index in [4.69, 9.17) is 0 Å². The van der Waals surface area contributed by atoms with Crippen LogP contribution in [0.15, 0.2) is 29.2 Å². The first-order valence-electron chi connectivity index (χ1n) is 11.4. The molecule has 1 amide bonds. The molecule has 1 heterocycles. The summed E-state index contributed by atoms with van der Waals surface area (Å²) in [4.78, 5) is 13.5. The van der Waals surface area contributed by atoms with E-state index in [0.717, 1.165) is 62.7 Å². The fraction of sp³-hybridized carbons (Fsp3) is 0.696. The number of nitrogens with zero attached hydrogens (tertiary/aromatic N) is 1. The third-order valence-corrected chi connectivity index (χ3v) is 9.75. The first-order valence-corrected chi connectivity index (χ1v) is 12.8. The van der Waals surface area contributed by atoms with Crippen LogP contribution in [0.5, 0.6) is 0 Å². The van der Waals surface area contributed by atoms with Gasteiger partial charge in [-0.1, -0.05) is 12.8 Å². The van der Waals surface area contributed by atoms with Crippen molar-refractivity contribution >= 4 is 21.6 Å². The lowest BCUT2D eigenvalue weighted by molar-refractivity contribution is -0.140. The standard InChI is InChI=1S/C23H32N2O3S/c26-22(23-14-17-11-18(15-23)13-19(12-17)16-23)24-20-5-7-21(8-6-20)29(27,28)25-9-3-1-2-4-10-25/h5-8,17-19H,1-4,9-16H2,(H,24,26). The van der Waals surface area contributed by atoms with Crippen LogP contribution in [0.25, 0.3) is 0 Å². The molecule has 6 rings (SSSR count). The van der Waals surface area contributed by atoms with Crippen LogP contribution >= 0.6 is 0 Å². The molecule has 1 N–H and O–H groups in total. The van der Waals surface area contributed by atoms with E-state index in [0.29, 0.717) is 23.7 Å². The van der Waals surface area contributed by atoms with Gasteiger partial charge >= 0.3 is 0 Å². The predicted molar refractivity (Wildman–Crippen MR) is 113 cm³/mol. The quantitative estimate of drug-likeness (QED) is 0.791. The number of hydrogen-bond acceptors (Lipinski definition) is 3. The van der Waals surface area contributed by atoms with E-state index < -0.39 is 10.0 Å². The van der Waals surface area contributed by atoms with Gasteiger partial charge in [0.1, 0.15) is 0 Å². The first-order chi connectivity index (χ1) is 13.9. The molecule has 5 nitrogen and oxygen atoms in total. The van der Waals surface area contributed by atoms with Crippen molar-refractivity contribution in [3.05, 3.63) is 24.3 Å². The second-order valence-electron chi connectivity index (χ2n) is 9.99. The van der Waals surface area contributed by atoms with Gasteiger partial charge in [-0.05, 0) is 93.4 Å². The molecule has 6 heteroatoms. The third kappa shape index (κ3) is 3.63. The summed E-state index contributed by atoms with van der Waals surface area (Å²) in [5, 5.41) is 3.12. The van der Waals surface area contributed by atoms with Gasteiger partial charge in [0.05, 0.1) is 10.3 Å². The minimum Gasteiger partial charge on any atom is -0.326 e. The summed E-state index contributed by atoms with van der Waals surface area (Å²) in [6, 6.07) is 6.80. The molecule has 1 aliphatic heterocycles. The molecule has 0 spiro atoms. The fourth-order valence-corrected chi connectivity index (χ4v) is 8.31. The normalized spacial score (nSPS) is 34.7. The second-order valence-corrected chi connectivity index (χ2v) is 11.9. The van der Waals surface area contributed by atoms with Gasteiger partial charge < -0.3 is 5.32 Å². The van der Waals surface area contributed by atoms with Crippen LogP contribution in [0.1, 0.15) is 64.2 Å². The summed E-state index contributed by atoms with van der Waals surface area (Å²) in [5.74, 6) is 2.34. The highest BCUT2D eigenvalue weighted by Crippen LogP contribution is 2.60. The maximum absolute atomic E-state index is 13.2. The monoisotopic (exact) mass is 416 g/mol. The Morgan fingerprint density at radius 2 is 1.38 bits per heavy atom. The van der Waals surface area contributed by atoms with Gasteiger partial charge in [-0.3, -0.25) is 4.79 Å². The Bertz CT molecular complexity index is 835. The smallest absolute Gasteiger partial charge is 0.243 e. The van der Waals surface area contributed by atoms with Gasteiger partial charge in [0.25, 0.3) is 0 Å². The zero-order valence-corrected chi connectivity index (χ0v) is 17.9. The van der Waals surface area contributed by atoms with Crippen LogP contribution in [0, 0.1) is 23.2 Å². The van der Waals surface area contributed by atoms with E-state index in [2.05, 4.69) is 5.32 Å². The van der Waals surface area contributed by atoms with Gasteiger partial charge in [0.2, 0.25) is 15.9 Å². The van der Waals surface area contributed by atoms with Crippen molar-refractivity contribution in [3.63, 3.8) is 0 Å². The molecule has 0 aromatic heterocycles. The van der Waals surface area contributed by atoms with Gasteiger partial charge in [-0.15, -0.1) is 0 Å². The van der Waals surface area contributed by atoms with E-state index in [1.165, 1.54) is 19.3 Å². The highest BCUT2D eigenvalue weighted by molar-refractivity contribution is 7.89. The molecule has 0 atom stereocenters. The lowest BCUT2D eigenvalue weighted by atomic mass is 9.49. The first kappa shape index (κ1) is 19.6. The second kappa shape index (κ2) is 7.38. The molecule has 29 heavy (non-hydrogen) atoms. The maximum Gasteiger partial charge on any atom is 0.243 e. The largest absolute Gasteiger partial charge is 0.326 e. The number of nitrogens with one attached hydrogen (secondary N) is 1. The highest BCUT2D eigenvalue weighted by atomic mass is 32.2. The molecular formula is C23H32N2O3S. The van der Waals surface area contributed by atoms with E-state index in [1.54, 1.807) is 28.6 Å². The zero-order valence-electron chi connectivity index (χ0n) is 17.1. The van der Waals surface area contributed by atoms with Crippen molar-refractivity contribution in [1.29, 1.82) is 0 Å². The number of anilines is 1. The summed E-state index contributed by atoms with van der Waals surface area (Å²) in [7, 11) is -3.45. The summed E-state index contributed by atoms with van der Waals surface area (Å²) >= 11 is 0. The molecule has 5 aliphatic rings. The van der Waals surface area contributed by atoms with Crippen LogP contribution in [0.4, 0.5) is 5.69 Å². The average molecular weight is 417 g/mol. The fourth-order valence-electron chi connectivity index (χ4n) is 6.79. The van der Waals surface area contributed by atoms with E-state index in [9.17, 15) is 13.2 Å². The Labute approximate surface area is 174 Å². The van der Waals surface area contributed by atoms with Crippen LogP contribution in [0.2, 0.25) is 0 Å². The Balaban J connectivity index is 1.29. The molecule has 1 saturated heterocycles. The molecule has 5 fully saturated rings. The summed E-state index contributed by atoms with van der Waals surface area (Å²) < 4.78 is 27.5. The van der Waals surface area contributed by atoms with Crippen LogP contribution < -0.4 is 5.32 Å². The van der Waals surface area contributed by atoms with E-state index >= 15 is 0 Å². The molecule has 4 bridgehead atoms. The molecule has 1 aromatic rings. The van der Waals surface area contributed by atoms with E-state index in [1.807, 2.05) is 0 Å². The van der Waals surface area contributed by atoms with Gasteiger partial charge in [-0.2, -0.15) is 4.31 Å². The number of amides is 1. The molecule has 0 radical (unpaired) electrons. The maximum atomic E-state index is 13.2. The third-order valence-electron chi connectivity index (χ3n) is 7.83. The Hall–Kier alpha value is -1.40. The number of rotatable bonds is 4. The van der Waals surface area contributed by atoms with Crippen molar-refractivity contribution in [3.8, 4) is 0 Å². The molecule has 0 unspecified atom stereocenters. The lowest BCUT2D eigenvalue weighted by Crippen LogP contribution is -2.51.